The van der Waals surface area contributed by atoms with Gasteiger partial charge in [-0.1, -0.05) is 34.1 Å². The number of alkyl halides is 3. The molecule has 0 bridgehead atoms. The summed E-state index contributed by atoms with van der Waals surface area (Å²) in [5, 5.41) is 0. The molecule has 2 aromatic carbocycles. The number of benzene rings is 2. The first-order valence-corrected chi connectivity index (χ1v) is 7.24. The second-order valence-corrected chi connectivity index (χ2v) is 5.92. The molecular weight excluding hydrogens is 343 g/mol. The van der Waals surface area contributed by atoms with Crippen molar-refractivity contribution in [3.05, 3.63) is 69.2 Å². The second kappa shape index (κ2) is 6.20. The van der Waals surface area contributed by atoms with E-state index in [9.17, 15) is 13.2 Å². The molecule has 0 aromatic heterocycles. The van der Waals surface area contributed by atoms with E-state index < -0.39 is 11.7 Å². The molecule has 0 fully saturated rings. The molecule has 0 aliphatic heterocycles. The third-order valence-electron chi connectivity index (χ3n) is 3.37. The van der Waals surface area contributed by atoms with Crippen LogP contribution < -0.4 is 5.73 Å². The summed E-state index contributed by atoms with van der Waals surface area (Å²) in [5.41, 5.74) is 7.84. The Labute approximate surface area is 130 Å². The summed E-state index contributed by atoms with van der Waals surface area (Å²) in [6, 6.07) is 11.1. The summed E-state index contributed by atoms with van der Waals surface area (Å²) in [6.45, 7) is 1.66. The van der Waals surface area contributed by atoms with Gasteiger partial charge in [-0.05, 0) is 54.3 Å². The predicted octanol–water partition coefficient (Wildman–Crippen LogP) is 5.02. The van der Waals surface area contributed by atoms with E-state index in [2.05, 4.69) is 15.9 Å². The molecule has 1 atom stereocenters. The van der Waals surface area contributed by atoms with Crippen molar-refractivity contribution in [1.82, 2.24) is 0 Å². The molecule has 1 unspecified atom stereocenters. The minimum absolute atomic E-state index is 0.326. The SMILES string of the molecule is Cc1cc(C(F)(F)F)ccc1C(N)Cc1ccc(Br)cc1. The molecular formula is C16H15BrF3N. The van der Waals surface area contributed by atoms with Gasteiger partial charge in [0.25, 0.3) is 0 Å². The van der Waals surface area contributed by atoms with Gasteiger partial charge < -0.3 is 5.73 Å². The van der Waals surface area contributed by atoms with Crippen LogP contribution >= 0.6 is 15.9 Å². The lowest BCUT2D eigenvalue weighted by Gasteiger charge is -2.17. The van der Waals surface area contributed by atoms with Crippen LogP contribution in [0.15, 0.2) is 46.9 Å². The van der Waals surface area contributed by atoms with Crippen LogP contribution in [0.4, 0.5) is 13.2 Å². The number of halogens is 4. The maximum atomic E-state index is 12.6. The lowest BCUT2D eigenvalue weighted by molar-refractivity contribution is -0.137. The molecule has 0 aliphatic rings. The Morgan fingerprint density at radius 1 is 1.10 bits per heavy atom. The van der Waals surface area contributed by atoms with E-state index in [0.29, 0.717) is 12.0 Å². The molecule has 0 radical (unpaired) electrons. The van der Waals surface area contributed by atoms with E-state index in [4.69, 9.17) is 5.73 Å². The smallest absolute Gasteiger partial charge is 0.324 e. The van der Waals surface area contributed by atoms with E-state index in [0.717, 1.165) is 27.7 Å². The summed E-state index contributed by atoms with van der Waals surface area (Å²) in [5.74, 6) is 0. The molecule has 0 amide bonds. The summed E-state index contributed by atoms with van der Waals surface area (Å²) < 4.78 is 38.9. The fraction of sp³-hybridized carbons (Fsp3) is 0.250. The minimum Gasteiger partial charge on any atom is -0.324 e. The molecule has 2 aromatic rings. The van der Waals surface area contributed by atoms with Crippen molar-refractivity contribution in [2.75, 3.05) is 0 Å². The molecule has 0 spiro atoms. The zero-order chi connectivity index (χ0) is 15.6. The minimum atomic E-state index is -4.32. The number of hydrogen-bond donors (Lipinski definition) is 1. The fourth-order valence-corrected chi connectivity index (χ4v) is 2.52. The van der Waals surface area contributed by atoms with Crippen LogP contribution in [-0.2, 0) is 12.6 Å². The molecule has 5 heteroatoms. The highest BCUT2D eigenvalue weighted by atomic mass is 79.9. The summed E-state index contributed by atoms with van der Waals surface area (Å²) in [7, 11) is 0. The van der Waals surface area contributed by atoms with Gasteiger partial charge in [0, 0.05) is 10.5 Å². The normalized spacial score (nSPS) is 13.2. The van der Waals surface area contributed by atoms with Crippen molar-refractivity contribution < 1.29 is 13.2 Å². The molecule has 2 N–H and O–H groups in total. The predicted molar refractivity (Wildman–Crippen MR) is 81.0 cm³/mol. The highest BCUT2D eigenvalue weighted by Crippen LogP contribution is 2.31. The van der Waals surface area contributed by atoms with Gasteiger partial charge in [-0.25, -0.2) is 0 Å². The van der Waals surface area contributed by atoms with Crippen molar-refractivity contribution in [1.29, 1.82) is 0 Å². The highest BCUT2D eigenvalue weighted by molar-refractivity contribution is 9.10. The third-order valence-corrected chi connectivity index (χ3v) is 3.89. The Kier molecular flexibility index (Phi) is 4.74. The Hall–Kier alpha value is -1.33. The molecule has 0 aliphatic carbocycles. The topological polar surface area (TPSA) is 26.0 Å². The molecule has 2 rings (SSSR count). The Morgan fingerprint density at radius 2 is 1.71 bits per heavy atom. The maximum Gasteiger partial charge on any atom is 0.416 e. The van der Waals surface area contributed by atoms with Crippen LogP contribution in [0.3, 0.4) is 0 Å². The highest BCUT2D eigenvalue weighted by Gasteiger charge is 2.30. The number of aryl methyl sites for hydroxylation is 1. The third kappa shape index (κ3) is 4.08. The van der Waals surface area contributed by atoms with Crippen LogP contribution in [0.5, 0.6) is 0 Å². The van der Waals surface area contributed by atoms with Crippen LogP contribution in [0.25, 0.3) is 0 Å². The molecule has 1 nitrogen and oxygen atoms in total. The average molecular weight is 358 g/mol. The number of rotatable bonds is 3. The standard InChI is InChI=1S/C16H15BrF3N/c1-10-8-12(16(18,19)20)4-7-14(10)15(21)9-11-2-5-13(17)6-3-11/h2-8,15H,9,21H2,1H3. The molecule has 112 valence electrons. The van der Waals surface area contributed by atoms with Crippen molar-refractivity contribution >= 4 is 15.9 Å². The monoisotopic (exact) mass is 357 g/mol. The first-order valence-electron chi connectivity index (χ1n) is 6.45. The Balaban J connectivity index is 2.19. The van der Waals surface area contributed by atoms with Crippen molar-refractivity contribution in [2.45, 2.75) is 25.6 Å². The fourth-order valence-electron chi connectivity index (χ4n) is 2.25. The van der Waals surface area contributed by atoms with Gasteiger partial charge in [0.1, 0.15) is 0 Å². The molecule has 0 saturated carbocycles. The van der Waals surface area contributed by atoms with E-state index in [1.807, 2.05) is 24.3 Å². The van der Waals surface area contributed by atoms with Crippen molar-refractivity contribution in [3.63, 3.8) is 0 Å². The molecule has 21 heavy (non-hydrogen) atoms. The zero-order valence-corrected chi connectivity index (χ0v) is 13.0. The van der Waals surface area contributed by atoms with Gasteiger partial charge in [-0.15, -0.1) is 0 Å². The summed E-state index contributed by atoms with van der Waals surface area (Å²) >= 11 is 3.36. The largest absolute Gasteiger partial charge is 0.416 e. The van der Waals surface area contributed by atoms with E-state index >= 15 is 0 Å². The second-order valence-electron chi connectivity index (χ2n) is 5.01. The van der Waals surface area contributed by atoms with Gasteiger partial charge in [0.15, 0.2) is 0 Å². The first-order chi connectivity index (χ1) is 9.77. The first kappa shape index (κ1) is 16.0. The Bertz CT molecular complexity index is 620. The van der Waals surface area contributed by atoms with E-state index in [1.54, 1.807) is 6.92 Å². The lowest BCUT2D eigenvalue weighted by Crippen LogP contribution is -2.15. The van der Waals surface area contributed by atoms with E-state index in [1.165, 1.54) is 6.07 Å². The van der Waals surface area contributed by atoms with Crippen LogP contribution in [-0.4, -0.2) is 0 Å². The van der Waals surface area contributed by atoms with Crippen LogP contribution in [0.1, 0.15) is 28.3 Å². The van der Waals surface area contributed by atoms with E-state index in [-0.39, 0.29) is 6.04 Å². The lowest BCUT2D eigenvalue weighted by atomic mass is 9.94. The molecule has 0 saturated heterocycles. The zero-order valence-electron chi connectivity index (χ0n) is 11.4. The van der Waals surface area contributed by atoms with Crippen molar-refractivity contribution in [3.8, 4) is 0 Å². The van der Waals surface area contributed by atoms with Gasteiger partial charge in [-0.3, -0.25) is 0 Å². The summed E-state index contributed by atoms with van der Waals surface area (Å²) in [6.07, 6.45) is -3.74. The maximum absolute atomic E-state index is 12.6. The van der Waals surface area contributed by atoms with Gasteiger partial charge in [-0.2, -0.15) is 13.2 Å². The van der Waals surface area contributed by atoms with Gasteiger partial charge in [0.05, 0.1) is 5.56 Å². The number of nitrogens with two attached hydrogens (primary N) is 1. The quantitative estimate of drug-likeness (QED) is 0.819. The average Bonchev–Trinajstić information content (AvgIpc) is 2.40. The van der Waals surface area contributed by atoms with Crippen LogP contribution in [0, 0.1) is 6.92 Å². The van der Waals surface area contributed by atoms with Gasteiger partial charge in [0.2, 0.25) is 0 Å². The summed E-state index contributed by atoms with van der Waals surface area (Å²) in [4.78, 5) is 0. The number of hydrogen-bond acceptors (Lipinski definition) is 1. The molecule has 0 heterocycles. The Morgan fingerprint density at radius 3 is 2.24 bits per heavy atom. The van der Waals surface area contributed by atoms with Crippen molar-refractivity contribution in [2.24, 2.45) is 5.73 Å². The van der Waals surface area contributed by atoms with Gasteiger partial charge >= 0.3 is 6.18 Å². The van der Waals surface area contributed by atoms with Crippen LogP contribution in [0.2, 0.25) is 0 Å².